The first-order valence-electron chi connectivity index (χ1n) is 3.89. The molecule has 0 atom stereocenters. The molecule has 4 nitrogen and oxygen atoms in total. The Morgan fingerprint density at radius 2 is 2.36 bits per heavy atom. The molecule has 0 saturated heterocycles. The second-order valence-electron chi connectivity index (χ2n) is 2.63. The van der Waals surface area contributed by atoms with E-state index in [-0.39, 0.29) is 0 Å². The molecular formula is C8H7BrN4S. The third-order valence-corrected chi connectivity index (χ3v) is 3.63. The number of halogens is 1. The van der Waals surface area contributed by atoms with E-state index in [4.69, 9.17) is 0 Å². The van der Waals surface area contributed by atoms with E-state index >= 15 is 0 Å². The van der Waals surface area contributed by atoms with E-state index in [1.807, 2.05) is 17.7 Å². The molecule has 0 saturated carbocycles. The van der Waals surface area contributed by atoms with E-state index in [0.29, 0.717) is 0 Å². The summed E-state index contributed by atoms with van der Waals surface area (Å²) < 4.78 is 2.84. The van der Waals surface area contributed by atoms with Gasteiger partial charge in [-0.3, -0.25) is 4.98 Å². The van der Waals surface area contributed by atoms with Crippen LogP contribution < -0.4 is 0 Å². The number of nitrogens with zero attached hydrogens (tertiary/aromatic N) is 4. The van der Waals surface area contributed by atoms with Crippen LogP contribution in [0.5, 0.6) is 0 Å². The van der Waals surface area contributed by atoms with Gasteiger partial charge in [-0.05, 0) is 33.8 Å². The lowest BCUT2D eigenvalue weighted by molar-refractivity contribution is 0.788. The third kappa shape index (κ3) is 1.96. The van der Waals surface area contributed by atoms with Crippen LogP contribution in [0.3, 0.4) is 0 Å². The summed E-state index contributed by atoms with van der Waals surface area (Å²) in [6, 6.07) is 1.93. The van der Waals surface area contributed by atoms with Gasteiger partial charge in [-0.2, -0.15) is 0 Å². The van der Waals surface area contributed by atoms with Crippen molar-refractivity contribution in [3.8, 4) is 0 Å². The molecule has 72 valence electrons. The van der Waals surface area contributed by atoms with Crippen molar-refractivity contribution in [3.05, 3.63) is 29.3 Å². The largest absolute Gasteiger partial charge is 0.311 e. The van der Waals surface area contributed by atoms with Crippen LogP contribution in [0, 0.1) is 0 Å². The van der Waals surface area contributed by atoms with Crippen molar-refractivity contribution in [1.29, 1.82) is 0 Å². The first-order valence-corrected chi connectivity index (χ1v) is 5.49. The van der Waals surface area contributed by atoms with Crippen molar-refractivity contribution in [1.82, 2.24) is 19.7 Å². The number of pyridine rings is 1. The van der Waals surface area contributed by atoms with Gasteiger partial charge in [-0.25, -0.2) is 0 Å². The van der Waals surface area contributed by atoms with Crippen molar-refractivity contribution in [2.75, 3.05) is 0 Å². The van der Waals surface area contributed by atoms with Crippen molar-refractivity contribution < 1.29 is 0 Å². The third-order valence-electron chi connectivity index (χ3n) is 1.61. The maximum atomic E-state index is 3.99. The summed E-state index contributed by atoms with van der Waals surface area (Å²) in [5, 5.41) is 8.65. The summed E-state index contributed by atoms with van der Waals surface area (Å²) in [7, 11) is 1.91. The fourth-order valence-corrected chi connectivity index (χ4v) is 2.16. The molecule has 0 aliphatic rings. The molecule has 2 aromatic heterocycles. The van der Waals surface area contributed by atoms with Crippen LogP contribution in [0.25, 0.3) is 0 Å². The Morgan fingerprint density at radius 3 is 3.00 bits per heavy atom. The van der Waals surface area contributed by atoms with Gasteiger partial charge in [0.15, 0.2) is 5.16 Å². The maximum Gasteiger partial charge on any atom is 0.195 e. The van der Waals surface area contributed by atoms with Crippen molar-refractivity contribution in [2.45, 2.75) is 10.1 Å². The molecule has 0 spiro atoms. The lowest BCUT2D eigenvalue weighted by Crippen LogP contribution is -1.88. The van der Waals surface area contributed by atoms with Gasteiger partial charge in [0, 0.05) is 28.8 Å². The number of aryl methyl sites for hydroxylation is 1. The van der Waals surface area contributed by atoms with Crippen LogP contribution in [-0.2, 0) is 7.05 Å². The van der Waals surface area contributed by atoms with Crippen molar-refractivity contribution >= 4 is 27.7 Å². The molecule has 2 aromatic rings. The van der Waals surface area contributed by atoms with Crippen LogP contribution in [0.4, 0.5) is 0 Å². The average molecular weight is 271 g/mol. The van der Waals surface area contributed by atoms with Crippen LogP contribution in [0.1, 0.15) is 0 Å². The standard InChI is InChI=1S/C8H7BrN4S/c1-13-5-11-12-8(13)14-7-2-3-10-4-6(7)9/h2-5H,1H3. The molecule has 2 rings (SSSR count). The molecule has 14 heavy (non-hydrogen) atoms. The zero-order valence-corrected chi connectivity index (χ0v) is 9.79. The SMILES string of the molecule is Cn1cnnc1Sc1ccncc1Br. The lowest BCUT2D eigenvalue weighted by atomic mass is 10.5. The van der Waals surface area contributed by atoms with Gasteiger partial charge in [0.05, 0.1) is 0 Å². The molecule has 0 aliphatic carbocycles. The van der Waals surface area contributed by atoms with E-state index in [2.05, 4.69) is 31.1 Å². The number of hydrogen-bond donors (Lipinski definition) is 0. The fraction of sp³-hybridized carbons (Fsp3) is 0.125. The Morgan fingerprint density at radius 1 is 1.50 bits per heavy atom. The average Bonchev–Trinajstić information content (AvgIpc) is 2.56. The van der Waals surface area contributed by atoms with E-state index in [0.717, 1.165) is 14.5 Å². The summed E-state index contributed by atoms with van der Waals surface area (Å²) in [4.78, 5) is 5.07. The summed E-state index contributed by atoms with van der Waals surface area (Å²) >= 11 is 4.98. The molecule has 0 bridgehead atoms. The van der Waals surface area contributed by atoms with Gasteiger partial charge >= 0.3 is 0 Å². The van der Waals surface area contributed by atoms with Crippen LogP contribution >= 0.6 is 27.7 Å². The van der Waals surface area contributed by atoms with Gasteiger partial charge in [-0.15, -0.1) is 10.2 Å². The zero-order valence-electron chi connectivity index (χ0n) is 7.38. The van der Waals surface area contributed by atoms with Gasteiger partial charge in [0.2, 0.25) is 0 Å². The van der Waals surface area contributed by atoms with Crippen molar-refractivity contribution in [2.24, 2.45) is 7.05 Å². The Balaban J connectivity index is 2.28. The monoisotopic (exact) mass is 270 g/mol. The van der Waals surface area contributed by atoms with Crippen molar-refractivity contribution in [3.63, 3.8) is 0 Å². The second-order valence-corrected chi connectivity index (χ2v) is 4.50. The second kappa shape index (κ2) is 4.10. The number of aromatic nitrogens is 4. The molecule has 0 amide bonds. The van der Waals surface area contributed by atoms with Crippen LogP contribution in [0.2, 0.25) is 0 Å². The molecule has 2 heterocycles. The highest BCUT2D eigenvalue weighted by atomic mass is 79.9. The topological polar surface area (TPSA) is 43.6 Å². The van der Waals surface area contributed by atoms with Gasteiger partial charge in [0.1, 0.15) is 6.33 Å². The predicted molar refractivity (Wildman–Crippen MR) is 57.1 cm³/mol. The highest BCUT2D eigenvalue weighted by molar-refractivity contribution is 9.10. The number of rotatable bonds is 2. The Labute approximate surface area is 93.9 Å². The summed E-state index contributed by atoms with van der Waals surface area (Å²) in [6.07, 6.45) is 5.19. The molecule has 6 heteroatoms. The van der Waals surface area contributed by atoms with E-state index in [9.17, 15) is 0 Å². The van der Waals surface area contributed by atoms with Crippen LogP contribution in [-0.4, -0.2) is 19.7 Å². The van der Waals surface area contributed by atoms with Gasteiger partial charge < -0.3 is 4.57 Å². The molecule has 0 aromatic carbocycles. The predicted octanol–water partition coefficient (Wildman–Crippen LogP) is 2.12. The molecule has 0 N–H and O–H groups in total. The highest BCUT2D eigenvalue weighted by Gasteiger charge is 2.05. The Kier molecular flexibility index (Phi) is 2.83. The quantitative estimate of drug-likeness (QED) is 0.839. The molecular weight excluding hydrogens is 264 g/mol. The smallest absolute Gasteiger partial charge is 0.195 e. The first kappa shape index (κ1) is 9.67. The summed E-state index contributed by atoms with van der Waals surface area (Å²) in [6.45, 7) is 0. The summed E-state index contributed by atoms with van der Waals surface area (Å²) in [5.41, 5.74) is 0. The lowest BCUT2D eigenvalue weighted by Gasteiger charge is -2.01. The minimum Gasteiger partial charge on any atom is -0.311 e. The normalized spacial score (nSPS) is 10.4. The molecule has 0 radical (unpaired) electrons. The summed E-state index contributed by atoms with van der Waals surface area (Å²) in [5.74, 6) is 0. The Bertz CT molecular complexity index is 442. The minimum atomic E-state index is 0.858. The first-order chi connectivity index (χ1) is 6.77. The van der Waals surface area contributed by atoms with E-state index < -0.39 is 0 Å². The highest BCUT2D eigenvalue weighted by Crippen LogP contribution is 2.30. The molecule has 0 fully saturated rings. The van der Waals surface area contributed by atoms with E-state index in [1.54, 1.807) is 30.5 Å². The molecule has 0 unspecified atom stereocenters. The molecule has 0 aliphatic heterocycles. The van der Waals surface area contributed by atoms with Gasteiger partial charge in [0.25, 0.3) is 0 Å². The van der Waals surface area contributed by atoms with Gasteiger partial charge in [-0.1, -0.05) is 0 Å². The van der Waals surface area contributed by atoms with E-state index in [1.165, 1.54) is 0 Å². The Hall–Kier alpha value is -0.880. The fourth-order valence-electron chi connectivity index (χ4n) is 0.909. The number of hydrogen-bond acceptors (Lipinski definition) is 4. The zero-order chi connectivity index (χ0) is 9.97. The maximum absolute atomic E-state index is 3.99. The van der Waals surface area contributed by atoms with Crippen LogP contribution in [0.15, 0.2) is 39.3 Å². The minimum absolute atomic E-state index is 0.858.